The third kappa shape index (κ3) is 2.28. The zero-order chi connectivity index (χ0) is 13.9. The van der Waals surface area contributed by atoms with Crippen molar-refractivity contribution >= 4 is 23.0 Å². The fourth-order valence-corrected chi connectivity index (χ4v) is 2.06. The quantitative estimate of drug-likeness (QED) is 0.702. The van der Waals surface area contributed by atoms with Crippen LogP contribution in [-0.2, 0) is 11.3 Å². The molecule has 0 atom stereocenters. The summed E-state index contributed by atoms with van der Waals surface area (Å²) < 4.78 is 3.31. The zero-order valence-electron chi connectivity index (χ0n) is 10.5. The first-order valence-corrected chi connectivity index (χ1v) is 5.99. The van der Waals surface area contributed by atoms with E-state index in [2.05, 4.69) is 15.3 Å². The molecule has 0 unspecified atom stereocenters. The number of carbonyl (C=O) groups excluding carboxylic acids is 1. The van der Waals surface area contributed by atoms with E-state index in [0.717, 1.165) is 16.5 Å². The molecule has 0 bridgehead atoms. The van der Waals surface area contributed by atoms with E-state index in [9.17, 15) is 4.79 Å². The summed E-state index contributed by atoms with van der Waals surface area (Å²) in [6.07, 6.45) is 6.55. The van der Waals surface area contributed by atoms with Crippen LogP contribution in [0.3, 0.4) is 0 Å². The average molecular weight is 268 g/mol. The molecule has 0 aliphatic heterocycles. The molecule has 0 aliphatic rings. The van der Waals surface area contributed by atoms with Crippen molar-refractivity contribution in [3.05, 3.63) is 48.7 Å². The number of nitrogens with zero attached hydrogens (tertiary/aromatic N) is 5. The number of hydrogen-bond acceptors (Lipinski definition) is 4. The molecule has 0 radical (unpaired) electrons. The molecule has 0 spiro atoms. The molecule has 1 aromatic carbocycles. The van der Waals surface area contributed by atoms with Gasteiger partial charge in [0.15, 0.2) is 0 Å². The van der Waals surface area contributed by atoms with Crippen LogP contribution in [0.2, 0.25) is 0 Å². The molecular formula is C13H12N6O. The van der Waals surface area contributed by atoms with Crippen LogP contribution >= 0.6 is 0 Å². The highest BCUT2D eigenvalue weighted by Crippen LogP contribution is 2.19. The van der Waals surface area contributed by atoms with Gasteiger partial charge >= 0.3 is 0 Å². The summed E-state index contributed by atoms with van der Waals surface area (Å²) in [4.78, 5) is 11.1. The maximum absolute atomic E-state index is 11.1. The van der Waals surface area contributed by atoms with Gasteiger partial charge in [0.2, 0.25) is 5.91 Å². The maximum atomic E-state index is 11.1. The number of carbonyl (C=O) groups is 1. The summed E-state index contributed by atoms with van der Waals surface area (Å²) >= 11 is 0. The van der Waals surface area contributed by atoms with E-state index in [1.807, 2.05) is 35.0 Å². The number of primary amides is 1. The lowest BCUT2D eigenvalue weighted by Crippen LogP contribution is -2.17. The maximum Gasteiger partial charge on any atom is 0.237 e. The molecule has 0 saturated carbocycles. The van der Waals surface area contributed by atoms with Gasteiger partial charge in [0.25, 0.3) is 0 Å². The van der Waals surface area contributed by atoms with Gasteiger partial charge in [-0.2, -0.15) is 5.10 Å². The van der Waals surface area contributed by atoms with Gasteiger partial charge in [0.05, 0.1) is 6.21 Å². The fourth-order valence-electron chi connectivity index (χ4n) is 2.06. The number of fused-ring (bicyclic) bond motifs is 1. The summed E-state index contributed by atoms with van der Waals surface area (Å²) in [7, 11) is 0. The molecule has 0 aliphatic carbocycles. The SMILES string of the molecule is NC(=O)Cn1cc(/C=N\n2cnnc2)c2ccccc21. The van der Waals surface area contributed by atoms with Crippen LogP contribution in [0.4, 0.5) is 0 Å². The molecule has 3 rings (SSSR count). The third-order valence-corrected chi connectivity index (χ3v) is 2.88. The standard InChI is InChI=1S/C13H12N6O/c14-13(20)7-18-6-10(5-17-19-8-15-16-9-19)11-3-1-2-4-12(11)18/h1-6,8-9H,7H2,(H2,14,20)/b17-5-. The van der Waals surface area contributed by atoms with Gasteiger partial charge in [-0.25, -0.2) is 4.68 Å². The molecule has 7 nitrogen and oxygen atoms in total. The van der Waals surface area contributed by atoms with Crippen molar-refractivity contribution in [2.24, 2.45) is 10.8 Å². The van der Waals surface area contributed by atoms with Crippen molar-refractivity contribution < 1.29 is 4.79 Å². The van der Waals surface area contributed by atoms with Gasteiger partial charge in [-0.3, -0.25) is 4.79 Å². The van der Waals surface area contributed by atoms with Gasteiger partial charge in [0, 0.05) is 22.7 Å². The summed E-state index contributed by atoms with van der Waals surface area (Å²) in [6.45, 7) is 0.140. The second kappa shape index (κ2) is 4.96. The minimum atomic E-state index is -0.381. The molecule has 20 heavy (non-hydrogen) atoms. The van der Waals surface area contributed by atoms with Gasteiger partial charge in [-0.15, -0.1) is 10.2 Å². The van der Waals surface area contributed by atoms with Crippen LogP contribution in [-0.4, -0.2) is 31.6 Å². The van der Waals surface area contributed by atoms with E-state index in [-0.39, 0.29) is 12.5 Å². The van der Waals surface area contributed by atoms with Crippen molar-refractivity contribution in [3.8, 4) is 0 Å². The van der Waals surface area contributed by atoms with E-state index >= 15 is 0 Å². The van der Waals surface area contributed by atoms with E-state index < -0.39 is 0 Å². The Bertz CT molecular complexity index is 771. The number of para-hydroxylation sites is 1. The Kier molecular flexibility index (Phi) is 3.00. The summed E-state index contributed by atoms with van der Waals surface area (Å²) in [5, 5.41) is 12.6. The number of benzene rings is 1. The summed E-state index contributed by atoms with van der Waals surface area (Å²) in [5.74, 6) is -0.381. The summed E-state index contributed by atoms with van der Waals surface area (Å²) in [6, 6.07) is 7.77. The Morgan fingerprint density at radius 1 is 1.30 bits per heavy atom. The monoisotopic (exact) mass is 268 g/mol. The van der Waals surface area contributed by atoms with Crippen LogP contribution in [0.15, 0.2) is 48.2 Å². The number of nitrogens with two attached hydrogens (primary N) is 1. The fraction of sp³-hybridized carbons (Fsp3) is 0.0769. The topological polar surface area (TPSA) is 91.1 Å². The predicted octanol–water partition coefficient (Wildman–Crippen LogP) is 0.600. The Labute approximate surface area is 114 Å². The Morgan fingerprint density at radius 2 is 2.05 bits per heavy atom. The van der Waals surface area contributed by atoms with E-state index in [4.69, 9.17) is 5.73 Å². The molecule has 7 heteroatoms. The van der Waals surface area contributed by atoms with Gasteiger partial charge in [-0.1, -0.05) is 18.2 Å². The number of aromatic nitrogens is 4. The smallest absolute Gasteiger partial charge is 0.237 e. The van der Waals surface area contributed by atoms with E-state index in [1.165, 1.54) is 17.3 Å². The second-order valence-electron chi connectivity index (χ2n) is 4.28. The van der Waals surface area contributed by atoms with Crippen LogP contribution in [0.25, 0.3) is 10.9 Å². The van der Waals surface area contributed by atoms with E-state index in [1.54, 1.807) is 6.21 Å². The first-order chi connectivity index (χ1) is 9.74. The molecule has 2 aromatic heterocycles. The number of rotatable bonds is 4. The van der Waals surface area contributed by atoms with Crippen molar-refractivity contribution in [2.45, 2.75) is 6.54 Å². The minimum absolute atomic E-state index is 0.140. The van der Waals surface area contributed by atoms with Gasteiger partial charge < -0.3 is 10.3 Å². The molecule has 0 fully saturated rings. The lowest BCUT2D eigenvalue weighted by atomic mass is 10.2. The largest absolute Gasteiger partial charge is 0.368 e. The van der Waals surface area contributed by atoms with Crippen LogP contribution in [0.1, 0.15) is 5.56 Å². The highest BCUT2D eigenvalue weighted by molar-refractivity contribution is 5.99. The van der Waals surface area contributed by atoms with Crippen LogP contribution < -0.4 is 5.73 Å². The lowest BCUT2D eigenvalue weighted by molar-refractivity contribution is -0.118. The average Bonchev–Trinajstić information content (AvgIpc) is 3.05. The van der Waals surface area contributed by atoms with Crippen molar-refractivity contribution in [1.82, 2.24) is 19.4 Å². The lowest BCUT2D eigenvalue weighted by Gasteiger charge is -2.00. The number of amides is 1. The molecule has 1 amide bonds. The van der Waals surface area contributed by atoms with Crippen LogP contribution in [0.5, 0.6) is 0 Å². The van der Waals surface area contributed by atoms with E-state index in [0.29, 0.717) is 0 Å². The highest BCUT2D eigenvalue weighted by Gasteiger charge is 2.07. The Balaban J connectivity index is 2.04. The molecule has 0 saturated heterocycles. The first kappa shape index (κ1) is 12.1. The van der Waals surface area contributed by atoms with Crippen molar-refractivity contribution in [3.63, 3.8) is 0 Å². The van der Waals surface area contributed by atoms with Crippen molar-refractivity contribution in [1.29, 1.82) is 0 Å². The third-order valence-electron chi connectivity index (χ3n) is 2.88. The summed E-state index contributed by atoms with van der Waals surface area (Å²) in [5.41, 5.74) is 7.10. The second-order valence-corrected chi connectivity index (χ2v) is 4.28. The highest BCUT2D eigenvalue weighted by atomic mass is 16.1. The Morgan fingerprint density at radius 3 is 2.80 bits per heavy atom. The normalized spacial score (nSPS) is 11.4. The minimum Gasteiger partial charge on any atom is -0.368 e. The molecular weight excluding hydrogens is 256 g/mol. The van der Waals surface area contributed by atoms with Gasteiger partial charge in [-0.05, 0) is 6.07 Å². The molecule has 3 aromatic rings. The molecule has 100 valence electrons. The zero-order valence-corrected chi connectivity index (χ0v) is 10.5. The number of hydrogen-bond donors (Lipinski definition) is 1. The van der Waals surface area contributed by atoms with Crippen LogP contribution in [0, 0.1) is 0 Å². The Hall–Kier alpha value is -2.96. The predicted molar refractivity (Wildman–Crippen MR) is 74.1 cm³/mol. The van der Waals surface area contributed by atoms with Crippen molar-refractivity contribution in [2.75, 3.05) is 0 Å². The molecule has 2 N–H and O–H groups in total. The first-order valence-electron chi connectivity index (χ1n) is 5.99. The van der Waals surface area contributed by atoms with Gasteiger partial charge in [0.1, 0.15) is 19.2 Å². The molecule has 2 heterocycles.